The number of H-pyrrole nitrogens is 1. The third-order valence-corrected chi connectivity index (χ3v) is 8.89. The minimum atomic E-state index is -0.284. The Morgan fingerprint density at radius 1 is 1.22 bits per heavy atom. The molecule has 45 heavy (non-hydrogen) atoms. The van der Waals surface area contributed by atoms with Gasteiger partial charge in [0.05, 0.1) is 24.0 Å². The zero-order valence-corrected chi connectivity index (χ0v) is 28.6. The second kappa shape index (κ2) is 17.7. The average molecular weight is 638 g/mol. The van der Waals surface area contributed by atoms with E-state index in [2.05, 4.69) is 48.0 Å². The van der Waals surface area contributed by atoms with Crippen LogP contribution in [0.5, 0.6) is 5.75 Å². The van der Waals surface area contributed by atoms with E-state index in [0.29, 0.717) is 36.4 Å². The van der Waals surface area contributed by atoms with Gasteiger partial charge in [-0.05, 0) is 62.5 Å². The summed E-state index contributed by atoms with van der Waals surface area (Å²) >= 11 is 1.55. The lowest BCUT2D eigenvalue weighted by Crippen LogP contribution is -2.50. The van der Waals surface area contributed by atoms with Crippen molar-refractivity contribution in [2.45, 2.75) is 97.6 Å². The highest BCUT2D eigenvalue weighted by Gasteiger charge is 2.39. The number of aromatic nitrogens is 2. The van der Waals surface area contributed by atoms with Crippen LogP contribution in [0.15, 0.2) is 47.1 Å². The largest absolute Gasteiger partial charge is 0.497 e. The van der Waals surface area contributed by atoms with Crippen LogP contribution in [0.25, 0.3) is 21.6 Å². The Kier molecular flexibility index (Phi) is 14.1. The van der Waals surface area contributed by atoms with Crippen molar-refractivity contribution in [2.24, 2.45) is 5.92 Å². The van der Waals surface area contributed by atoms with Crippen LogP contribution in [-0.2, 0) is 4.79 Å². The first kappa shape index (κ1) is 35.8. The van der Waals surface area contributed by atoms with E-state index in [1.807, 2.05) is 31.4 Å². The number of likely N-dealkylation sites (tertiary alicyclic amines) is 1. The highest BCUT2D eigenvalue weighted by molar-refractivity contribution is 7.13. The van der Waals surface area contributed by atoms with Crippen molar-refractivity contribution in [1.29, 1.82) is 0 Å². The number of nitrogens with zero attached hydrogens (tertiary/aromatic N) is 2. The van der Waals surface area contributed by atoms with E-state index in [1.54, 1.807) is 41.5 Å². The van der Waals surface area contributed by atoms with Crippen molar-refractivity contribution in [2.75, 3.05) is 20.2 Å². The molecule has 5 rings (SSSR count). The van der Waals surface area contributed by atoms with E-state index in [-0.39, 0.29) is 23.4 Å². The van der Waals surface area contributed by atoms with E-state index in [1.165, 1.54) is 0 Å². The molecule has 2 aromatic heterocycles. The van der Waals surface area contributed by atoms with Crippen LogP contribution in [0.3, 0.4) is 0 Å². The molecule has 9 nitrogen and oxygen atoms in total. The number of hydrogen-bond donors (Lipinski definition) is 3. The Labute approximate surface area is 271 Å². The summed E-state index contributed by atoms with van der Waals surface area (Å²) in [5, 5.41) is 9.52. The summed E-state index contributed by atoms with van der Waals surface area (Å²) < 4.78 is 5.21. The van der Waals surface area contributed by atoms with Gasteiger partial charge < -0.3 is 25.3 Å². The summed E-state index contributed by atoms with van der Waals surface area (Å²) in [6, 6.07) is 6.95. The Hall–Kier alpha value is -3.66. The molecule has 0 spiro atoms. The van der Waals surface area contributed by atoms with Gasteiger partial charge in [0, 0.05) is 42.0 Å². The van der Waals surface area contributed by atoms with Crippen molar-refractivity contribution in [1.82, 2.24) is 25.5 Å². The number of carbonyl (C=O) groups is 2. The predicted octanol–water partition coefficient (Wildman–Crippen LogP) is 7.24. The number of ether oxygens (including phenoxy) is 1. The first-order valence-corrected chi connectivity index (χ1v) is 17.2. The summed E-state index contributed by atoms with van der Waals surface area (Å²) in [5.74, 6) is 1.70. The van der Waals surface area contributed by atoms with Crippen LogP contribution >= 0.6 is 11.3 Å². The number of fused-ring (bicyclic) bond motifs is 1. The zero-order chi connectivity index (χ0) is 32.9. The van der Waals surface area contributed by atoms with Crippen LogP contribution in [0.4, 0.5) is 4.79 Å². The number of unbranched alkanes of at least 4 members (excludes halogenated alkanes) is 3. The van der Waals surface area contributed by atoms with Gasteiger partial charge >= 0.3 is 6.03 Å². The van der Waals surface area contributed by atoms with Crippen molar-refractivity contribution in [3.05, 3.63) is 58.2 Å². The van der Waals surface area contributed by atoms with Gasteiger partial charge in [-0.2, -0.15) is 0 Å². The van der Waals surface area contributed by atoms with Crippen LogP contribution in [0, 0.1) is 5.92 Å². The monoisotopic (exact) mass is 637 g/mol. The molecular formula is C35H51N5O4S. The number of aromatic amines is 1. The number of benzene rings is 1. The quantitative estimate of drug-likeness (QED) is 0.151. The van der Waals surface area contributed by atoms with Crippen LogP contribution in [0.2, 0.25) is 0 Å². The molecule has 3 amide bonds. The second-order valence-electron chi connectivity index (χ2n) is 11.7. The summed E-state index contributed by atoms with van der Waals surface area (Å²) in [5.41, 5.74) is 2.54. The molecule has 2 aliphatic rings. The molecule has 2 fully saturated rings. The molecule has 1 aliphatic carbocycles. The number of hydrogen-bond acceptors (Lipinski definition) is 6. The van der Waals surface area contributed by atoms with Crippen molar-refractivity contribution in [3.8, 4) is 16.5 Å². The Morgan fingerprint density at radius 3 is 2.62 bits per heavy atom. The first-order chi connectivity index (χ1) is 21.7. The third-order valence-electron chi connectivity index (χ3n) is 8.00. The van der Waals surface area contributed by atoms with E-state index in [9.17, 15) is 14.4 Å². The Balaban J connectivity index is 0.000000233. The SMILES string of the molecule is C=CCCCCCNC(=O)N1CCCC1C(=O)N[C@@H]1CC1C.CC.COc1ccc2c(=O)cc(-c3nc(C(C)C)cs3)[nH]c2c1. The molecular weight excluding hydrogens is 586 g/mol. The lowest BCUT2D eigenvalue weighted by Gasteiger charge is -2.24. The summed E-state index contributed by atoms with van der Waals surface area (Å²) in [4.78, 5) is 46.3. The maximum Gasteiger partial charge on any atom is 0.318 e. The van der Waals surface area contributed by atoms with Gasteiger partial charge in [-0.3, -0.25) is 9.59 Å². The number of rotatable bonds is 11. The van der Waals surface area contributed by atoms with Gasteiger partial charge in [0.15, 0.2) is 5.43 Å². The molecule has 2 unspecified atom stereocenters. The molecule has 0 bridgehead atoms. The molecule has 1 saturated heterocycles. The van der Waals surface area contributed by atoms with E-state index in [0.717, 1.165) is 72.6 Å². The number of amides is 3. The van der Waals surface area contributed by atoms with Crippen molar-refractivity contribution >= 4 is 34.2 Å². The molecule has 246 valence electrons. The number of methoxy groups -OCH3 is 1. The van der Waals surface area contributed by atoms with Crippen molar-refractivity contribution < 1.29 is 14.3 Å². The highest BCUT2D eigenvalue weighted by Crippen LogP contribution is 2.30. The van der Waals surface area contributed by atoms with Gasteiger partial charge in [-0.1, -0.05) is 47.1 Å². The van der Waals surface area contributed by atoms with Gasteiger partial charge in [0.1, 0.15) is 16.8 Å². The number of allylic oxidation sites excluding steroid dienone is 1. The van der Waals surface area contributed by atoms with Gasteiger partial charge in [-0.25, -0.2) is 9.78 Å². The number of nitrogens with one attached hydrogen (secondary N) is 3. The lowest BCUT2D eigenvalue weighted by atomic mass is 10.1. The van der Waals surface area contributed by atoms with Gasteiger partial charge in [0.25, 0.3) is 0 Å². The molecule has 10 heteroatoms. The fourth-order valence-corrected chi connectivity index (χ4v) is 6.07. The predicted molar refractivity (Wildman–Crippen MR) is 185 cm³/mol. The van der Waals surface area contributed by atoms with Gasteiger partial charge in [-0.15, -0.1) is 17.9 Å². The molecule has 0 radical (unpaired) electrons. The van der Waals surface area contributed by atoms with Crippen LogP contribution in [0.1, 0.15) is 91.2 Å². The topological polar surface area (TPSA) is 116 Å². The fraction of sp³-hybridized carbons (Fsp3) is 0.543. The van der Waals surface area contributed by atoms with Crippen LogP contribution < -0.4 is 20.8 Å². The summed E-state index contributed by atoms with van der Waals surface area (Å²) in [6.45, 7) is 15.4. The minimum Gasteiger partial charge on any atom is -0.497 e. The molecule has 3 heterocycles. The Morgan fingerprint density at radius 2 is 1.98 bits per heavy atom. The first-order valence-electron chi connectivity index (χ1n) is 16.3. The zero-order valence-electron chi connectivity index (χ0n) is 27.8. The minimum absolute atomic E-state index is 0.0114. The maximum absolute atomic E-state index is 12.3. The summed E-state index contributed by atoms with van der Waals surface area (Å²) in [7, 11) is 1.61. The molecule has 3 atom stereocenters. The third kappa shape index (κ3) is 10.2. The molecule has 1 aromatic carbocycles. The second-order valence-corrected chi connectivity index (χ2v) is 12.6. The average Bonchev–Trinajstić information content (AvgIpc) is 3.42. The molecule has 3 aromatic rings. The smallest absolute Gasteiger partial charge is 0.318 e. The molecule has 1 saturated carbocycles. The lowest BCUT2D eigenvalue weighted by molar-refractivity contribution is -0.124. The summed E-state index contributed by atoms with van der Waals surface area (Å²) in [6.07, 6.45) is 8.89. The van der Waals surface area contributed by atoms with Crippen molar-refractivity contribution in [3.63, 3.8) is 0 Å². The standard InChI is InChI=1S/C17H29N3O2.C16H16N2O2S.C2H6/c1-3-4-5-6-7-10-18-17(22)20-11-8-9-15(20)16(21)19-14-12-13(14)2;1-9(2)14-8-21-16(18-14)13-7-15(19)11-5-4-10(20-3)6-12(11)17-13;1-2/h3,13-15H,1,4-12H2,2H3,(H,18,22)(H,19,21);4-9H,1-3H3,(H,17,19);1-2H3/t13?,14-,15?;;/m1../s1. The van der Waals surface area contributed by atoms with E-state index in [4.69, 9.17) is 4.74 Å². The highest BCUT2D eigenvalue weighted by atomic mass is 32.1. The molecule has 3 N–H and O–H groups in total. The molecule has 1 aliphatic heterocycles. The van der Waals surface area contributed by atoms with Crippen LogP contribution in [-0.4, -0.2) is 59.1 Å². The fourth-order valence-electron chi connectivity index (χ4n) is 5.12. The maximum atomic E-state index is 12.3. The van der Waals surface area contributed by atoms with E-state index < -0.39 is 0 Å². The number of carbonyl (C=O) groups excluding carboxylic acids is 2. The number of thiazole rings is 1. The van der Waals surface area contributed by atoms with E-state index >= 15 is 0 Å². The normalized spacial score (nSPS) is 18.4. The Bertz CT molecular complexity index is 1470. The number of urea groups is 1. The number of pyridine rings is 1. The van der Waals surface area contributed by atoms with Gasteiger partial charge in [0.2, 0.25) is 5.91 Å².